The normalized spacial score (nSPS) is 11.0. The fourth-order valence-corrected chi connectivity index (χ4v) is 5.76. The van der Waals surface area contributed by atoms with E-state index < -0.39 is 18.4 Å². The smallest absolute Gasteiger partial charge is 0.323 e. The van der Waals surface area contributed by atoms with Gasteiger partial charge in [0.15, 0.2) is 0 Å². The Morgan fingerprint density at radius 3 is 2.21 bits per heavy atom. The number of thiazole rings is 1. The molecule has 0 aliphatic heterocycles. The number of hydrogen-bond acceptors (Lipinski definition) is 6. The molecule has 3 aromatic carbocycles. The third-order valence-electron chi connectivity index (χ3n) is 7.17. The summed E-state index contributed by atoms with van der Waals surface area (Å²) in [5.74, 6) is -0.00734. The van der Waals surface area contributed by atoms with Crippen molar-refractivity contribution in [3.8, 4) is 17.0 Å². The predicted octanol–water partition coefficient (Wildman–Crippen LogP) is 7.70. The van der Waals surface area contributed by atoms with Crippen molar-refractivity contribution in [3.63, 3.8) is 0 Å². The number of rotatable bonds is 17. The Morgan fingerprint density at radius 2 is 1.56 bits per heavy atom. The highest BCUT2D eigenvalue weighted by molar-refractivity contribution is 7.09. The molecule has 1 aromatic heterocycles. The first-order valence-corrected chi connectivity index (χ1v) is 15.7. The molecular weight excluding hydrogens is 560 g/mol. The maximum atomic E-state index is 12.8. The zero-order chi connectivity index (χ0) is 30.4. The Bertz CT molecular complexity index is 1410. The first kappa shape index (κ1) is 31.9. The molecule has 4 aromatic rings. The molecule has 4 rings (SSSR count). The largest absolute Gasteiger partial charge is 0.489 e. The van der Waals surface area contributed by atoms with E-state index in [1.165, 1.54) is 47.5 Å². The maximum Gasteiger partial charge on any atom is 0.323 e. The van der Waals surface area contributed by atoms with Gasteiger partial charge in [-0.3, -0.25) is 9.59 Å². The topological polar surface area (TPSA) is 89.0 Å². The van der Waals surface area contributed by atoms with E-state index in [9.17, 15) is 14.7 Å². The van der Waals surface area contributed by atoms with Gasteiger partial charge in [-0.15, -0.1) is 11.3 Å². The summed E-state index contributed by atoms with van der Waals surface area (Å²) in [6.07, 6.45) is 4.80. The van der Waals surface area contributed by atoms with Crippen LogP contribution in [0.5, 0.6) is 5.75 Å². The van der Waals surface area contributed by atoms with Crippen LogP contribution in [0.4, 0.5) is 0 Å². The Hall–Kier alpha value is -4.01. The molecule has 1 amide bonds. The molecule has 8 heteroatoms. The SMILES string of the molecule is CCCC(CCC)c1ccc(OCc2ccc(-c3csc(CN(CC(=O)O)C(=O)COCc4ccccc4)n3)cc2)cc1. The van der Waals surface area contributed by atoms with Crippen LogP contribution in [-0.2, 0) is 34.1 Å². The van der Waals surface area contributed by atoms with Gasteiger partial charge in [-0.05, 0) is 47.6 Å². The van der Waals surface area contributed by atoms with Gasteiger partial charge in [0.1, 0.15) is 30.5 Å². The molecule has 43 heavy (non-hydrogen) atoms. The second-order valence-electron chi connectivity index (χ2n) is 10.6. The highest BCUT2D eigenvalue weighted by Crippen LogP contribution is 2.28. The van der Waals surface area contributed by atoms with Crippen LogP contribution in [0, 0.1) is 0 Å². The Labute approximate surface area is 258 Å². The fraction of sp³-hybridized carbons (Fsp3) is 0.343. The predicted molar refractivity (Wildman–Crippen MR) is 170 cm³/mol. The Kier molecular flexibility index (Phi) is 12.3. The van der Waals surface area contributed by atoms with Crippen molar-refractivity contribution in [1.29, 1.82) is 0 Å². The van der Waals surface area contributed by atoms with Crippen molar-refractivity contribution in [2.24, 2.45) is 0 Å². The molecule has 0 aliphatic carbocycles. The maximum absolute atomic E-state index is 12.8. The van der Waals surface area contributed by atoms with Gasteiger partial charge < -0.3 is 19.5 Å². The third-order valence-corrected chi connectivity index (χ3v) is 8.01. The summed E-state index contributed by atoms with van der Waals surface area (Å²) in [7, 11) is 0. The Morgan fingerprint density at radius 1 is 0.884 bits per heavy atom. The number of aliphatic carboxylic acids is 1. The van der Waals surface area contributed by atoms with E-state index in [1.54, 1.807) is 0 Å². The van der Waals surface area contributed by atoms with Crippen molar-refractivity contribution in [3.05, 3.63) is 106 Å². The van der Waals surface area contributed by atoms with Crippen molar-refractivity contribution in [2.45, 2.75) is 65.2 Å². The Balaban J connectivity index is 1.30. The van der Waals surface area contributed by atoms with Crippen molar-refractivity contribution in [1.82, 2.24) is 9.88 Å². The molecule has 0 atom stereocenters. The van der Waals surface area contributed by atoms with Gasteiger partial charge in [0.25, 0.3) is 0 Å². The molecule has 0 bridgehead atoms. The number of hydrogen-bond donors (Lipinski definition) is 1. The second-order valence-corrected chi connectivity index (χ2v) is 11.5. The lowest BCUT2D eigenvalue weighted by molar-refractivity contribution is -0.147. The number of nitrogens with zero attached hydrogens (tertiary/aromatic N) is 2. The van der Waals surface area contributed by atoms with Gasteiger partial charge in [-0.25, -0.2) is 4.98 Å². The highest BCUT2D eigenvalue weighted by atomic mass is 32.1. The average molecular weight is 601 g/mol. The van der Waals surface area contributed by atoms with E-state index in [4.69, 9.17) is 9.47 Å². The standard InChI is InChI=1S/C35H40N2O5S/c1-3-8-28(9-4-2)29-16-18-31(19-17-29)42-23-27-12-14-30(15-13-27)32-25-43-33(36-32)20-37(21-35(39)40)34(38)24-41-22-26-10-6-5-7-11-26/h5-7,10-19,25,28H,3-4,8-9,20-24H2,1-2H3,(H,39,40). The third kappa shape index (κ3) is 10.0. The van der Waals surface area contributed by atoms with Crippen LogP contribution in [0.3, 0.4) is 0 Å². The van der Waals surface area contributed by atoms with Crippen LogP contribution < -0.4 is 4.74 Å². The van der Waals surface area contributed by atoms with Crippen LogP contribution in [0.2, 0.25) is 0 Å². The van der Waals surface area contributed by atoms with Gasteiger partial charge in [0.2, 0.25) is 5.91 Å². The van der Waals surface area contributed by atoms with Crippen LogP contribution in [0.15, 0.2) is 84.2 Å². The lowest BCUT2D eigenvalue weighted by atomic mass is 9.90. The number of carbonyl (C=O) groups excluding carboxylic acids is 1. The summed E-state index contributed by atoms with van der Waals surface area (Å²) in [5, 5.41) is 11.9. The lowest BCUT2D eigenvalue weighted by Crippen LogP contribution is -2.37. The minimum atomic E-state index is -1.08. The molecule has 0 unspecified atom stereocenters. The molecule has 0 saturated carbocycles. The summed E-state index contributed by atoms with van der Waals surface area (Å²) >= 11 is 1.40. The van der Waals surface area contributed by atoms with E-state index >= 15 is 0 Å². The zero-order valence-electron chi connectivity index (χ0n) is 24.9. The van der Waals surface area contributed by atoms with E-state index in [1.807, 2.05) is 60.0 Å². The molecule has 226 valence electrons. The number of carbonyl (C=O) groups is 2. The van der Waals surface area contributed by atoms with Crippen LogP contribution in [0.1, 0.15) is 67.1 Å². The summed E-state index contributed by atoms with van der Waals surface area (Å²) in [4.78, 5) is 30.1. The average Bonchev–Trinajstić information content (AvgIpc) is 3.49. The second kappa shape index (κ2) is 16.6. The highest BCUT2D eigenvalue weighted by Gasteiger charge is 2.19. The van der Waals surface area contributed by atoms with Crippen molar-refractivity contribution >= 4 is 23.2 Å². The summed E-state index contributed by atoms with van der Waals surface area (Å²) in [6, 6.07) is 26.1. The van der Waals surface area contributed by atoms with Crippen LogP contribution in [0.25, 0.3) is 11.3 Å². The van der Waals surface area contributed by atoms with Gasteiger partial charge >= 0.3 is 5.97 Å². The minimum absolute atomic E-state index is 0.104. The van der Waals surface area contributed by atoms with Gasteiger partial charge in [-0.1, -0.05) is 93.4 Å². The molecule has 0 saturated heterocycles. The first-order chi connectivity index (χ1) is 20.9. The molecule has 7 nitrogen and oxygen atoms in total. The van der Waals surface area contributed by atoms with E-state index in [0.29, 0.717) is 17.5 Å². The van der Waals surface area contributed by atoms with Crippen molar-refractivity contribution in [2.75, 3.05) is 13.2 Å². The summed E-state index contributed by atoms with van der Waals surface area (Å²) < 4.78 is 11.6. The van der Waals surface area contributed by atoms with E-state index in [-0.39, 0.29) is 19.8 Å². The number of carboxylic acid groups (broad SMARTS) is 1. The summed E-state index contributed by atoms with van der Waals surface area (Å²) in [5.41, 5.74) is 5.09. The molecule has 1 heterocycles. The quantitative estimate of drug-likeness (QED) is 0.134. The minimum Gasteiger partial charge on any atom is -0.489 e. The van der Waals surface area contributed by atoms with Gasteiger partial charge in [0.05, 0.1) is 18.8 Å². The fourth-order valence-electron chi connectivity index (χ4n) is 4.95. The van der Waals surface area contributed by atoms with Gasteiger partial charge in [0, 0.05) is 10.9 Å². The molecule has 0 spiro atoms. The van der Waals surface area contributed by atoms with Crippen LogP contribution in [-0.4, -0.2) is 40.0 Å². The number of carboxylic acids is 1. The molecule has 0 aliphatic rings. The van der Waals surface area contributed by atoms with E-state index in [2.05, 4.69) is 43.1 Å². The van der Waals surface area contributed by atoms with Gasteiger partial charge in [-0.2, -0.15) is 0 Å². The lowest BCUT2D eigenvalue weighted by Gasteiger charge is -2.19. The zero-order valence-corrected chi connectivity index (χ0v) is 25.7. The number of benzene rings is 3. The number of ether oxygens (including phenoxy) is 2. The molecule has 1 N–H and O–H groups in total. The van der Waals surface area contributed by atoms with Crippen molar-refractivity contribution < 1.29 is 24.2 Å². The summed E-state index contributed by atoms with van der Waals surface area (Å²) in [6.45, 7) is 4.71. The van der Waals surface area contributed by atoms with E-state index in [0.717, 1.165) is 28.1 Å². The number of amides is 1. The molecule has 0 fully saturated rings. The number of aromatic nitrogens is 1. The molecular formula is C35H40N2O5S. The first-order valence-electron chi connectivity index (χ1n) is 14.8. The monoisotopic (exact) mass is 600 g/mol. The van der Waals surface area contributed by atoms with Crippen LogP contribution >= 0.6 is 11.3 Å². The molecule has 0 radical (unpaired) electrons.